The first-order valence-corrected chi connectivity index (χ1v) is 8.83. The van der Waals surface area contributed by atoms with Gasteiger partial charge in [0.15, 0.2) is 0 Å². The fourth-order valence-corrected chi connectivity index (χ4v) is 5.15. The molecule has 0 saturated carbocycles. The molecule has 2 aromatic heterocycles. The summed E-state index contributed by atoms with van der Waals surface area (Å²) in [6.07, 6.45) is 0. The molecule has 0 bridgehead atoms. The van der Waals surface area contributed by atoms with E-state index in [2.05, 4.69) is 45.7 Å². The van der Waals surface area contributed by atoms with E-state index in [1.54, 1.807) is 28.7 Å². The molecule has 0 radical (unpaired) electrons. The van der Waals surface area contributed by atoms with Gasteiger partial charge < -0.3 is 5.32 Å². The average molecular weight is 370 g/mol. The summed E-state index contributed by atoms with van der Waals surface area (Å²) in [5.74, 6) is -0.178. The van der Waals surface area contributed by atoms with Crippen LogP contribution in [0.4, 0.5) is 4.39 Å². The molecular weight excluding hydrogens is 357 g/mol. The van der Waals surface area contributed by atoms with Crippen LogP contribution in [-0.4, -0.2) is 6.54 Å². The van der Waals surface area contributed by atoms with Crippen molar-refractivity contribution in [3.8, 4) is 0 Å². The fourth-order valence-electron chi connectivity index (χ4n) is 2.21. The number of halogens is 2. The number of hydrogen-bond donors (Lipinski definition) is 1. The minimum absolute atomic E-state index is 0.162. The van der Waals surface area contributed by atoms with E-state index in [1.807, 2.05) is 6.07 Å². The average Bonchev–Trinajstić information content (AvgIpc) is 3.01. The highest BCUT2D eigenvalue weighted by Gasteiger charge is 2.19. The van der Waals surface area contributed by atoms with Gasteiger partial charge in [-0.2, -0.15) is 0 Å². The first-order valence-electron chi connectivity index (χ1n) is 6.34. The summed E-state index contributed by atoms with van der Waals surface area (Å²) in [5.41, 5.74) is 0. The van der Waals surface area contributed by atoms with Gasteiger partial charge in [-0.3, -0.25) is 0 Å². The summed E-state index contributed by atoms with van der Waals surface area (Å²) in [6.45, 7) is 2.99. The molecule has 104 valence electrons. The third kappa shape index (κ3) is 2.68. The van der Waals surface area contributed by atoms with Gasteiger partial charge >= 0.3 is 0 Å². The van der Waals surface area contributed by atoms with Crippen LogP contribution < -0.4 is 5.32 Å². The summed E-state index contributed by atoms with van der Waals surface area (Å²) < 4.78 is 15.4. The Labute approximate surface area is 133 Å². The summed E-state index contributed by atoms with van der Waals surface area (Å²) in [4.78, 5) is 2.48. The predicted octanol–water partition coefficient (Wildman–Crippen LogP) is 5.56. The topological polar surface area (TPSA) is 12.0 Å². The largest absolute Gasteiger partial charge is 0.305 e. The quantitative estimate of drug-likeness (QED) is 0.634. The molecule has 3 rings (SSSR count). The third-order valence-electron chi connectivity index (χ3n) is 3.10. The van der Waals surface area contributed by atoms with Crippen LogP contribution in [0, 0.1) is 5.82 Å². The fraction of sp³-hybridized carbons (Fsp3) is 0.200. The zero-order valence-corrected chi connectivity index (χ0v) is 14.0. The van der Waals surface area contributed by atoms with Crippen molar-refractivity contribution in [2.75, 3.05) is 6.54 Å². The molecule has 0 aliphatic heterocycles. The molecule has 1 N–H and O–H groups in total. The van der Waals surface area contributed by atoms with Crippen molar-refractivity contribution in [1.82, 2.24) is 5.32 Å². The van der Waals surface area contributed by atoms with E-state index in [4.69, 9.17) is 0 Å². The maximum atomic E-state index is 13.3. The van der Waals surface area contributed by atoms with Gasteiger partial charge in [0, 0.05) is 18.9 Å². The standard InChI is InChI=1S/C15H13BrFNS2/c1-2-18-14(15-11(16)5-6-19-15)13-7-9-3-4-10(17)8-12(9)20-13/h3-8,14,18H,2H2,1H3. The molecule has 3 aromatic rings. The normalized spacial score (nSPS) is 12.9. The molecule has 0 saturated heterocycles. The molecule has 0 amide bonds. The van der Waals surface area contributed by atoms with Gasteiger partial charge in [-0.1, -0.05) is 13.0 Å². The van der Waals surface area contributed by atoms with Crippen molar-refractivity contribution in [2.45, 2.75) is 13.0 Å². The Balaban J connectivity index is 2.07. The van der Waals surface area contributed by atoms with Crippen molar-refractivity contribution < 1.29 is 4.39 Å². The minimum Gasteiger partial charge on any atom is -0.305 e. The van der Waals surface area contributed by atoms with Crippen LogP contribution in [0.2, 0.25) is 0 Å². The monoisotopic (exact) mass is 369 g/mol. The Kier molecular flexibility index (Phi) is 4.21. The van der Waals surface area contributed by atoms with Gasteiger partial charge in [0.2, 0.25) is 0 Å². The summed E-state index contributed by atoms with van der Waals surface area (Å²) in [6, 6.07) is 9.35. The summed E-state index contributed by atoms with van der Waals surface area (Å²) in [5, 5.41) is 6.69. The highest BCUT2D eigenvalue weighted by atomic mass is 79.9. The molecule has 0 aliphatic carbocycles. The molecule has 0 fully saturated rings. The maximum absolute atomic E-state index is 13.3. The van der Waals surface area contributed by atoms with Crippen LogP contribution in [0.1, 0.15) is 22.7 Å². The first-order chi connectivity index (χ1) is 9.69. The lowest BCUT2D eigenvalue weighted by Gasteiger charge is -2.15. The Morgan fingerprint density at radius 2 is 2.15 bits per heavy atom. The van der Waals surface area contributed by atoms with E-state index in [9.17, 15) is 4.39 Å². The van der Waals surface area contributed by atoms with Crippen LogP contribution in [0.15, 0.2) is 40.2 Å². The number of rotatable bonds is 4. The van der Waals surface area contributed by atoms with Crippen molar-refractivity contribution >= 4 is 48.7 Å². The number of benzene rings is 1. The maximum Gasteiger partial charge on any atom is 0.124 e. The van der Waals surface area contributed by atoms with E-state index >= 15 is 0 Å². The zero-order valence-electron chi connectivity index (χ0n) is 10.8. The molecule has 1 atom stereocenters. The molecule has 1 nitrogen and oxygen atoms in total. The Morgan fingerprint density at radius 1 is 1.30 bits per heavy atom. The van der Waals surface area contributed by atoms with Gasteiger partial charge in [-0.05, 0) is 57.5 Å². The number of hydrogen-bond acceptors (Lipinski definition) is 3. The van der Waals surface area contributed by atoms with Crippen LogP contribution in [0.5, 0.6) is 0 Å². The van der Waals surface area contributed by atoms with E-state index in [-0.39, 0.29) is 11.9 Å². The lowest BCUT2D eigenvalue weighted by atomic mass is 10.1. The Bertz CT molecular complexity index is 734. The van der Waals surface area contributed by atoms with Crippen LogP contribution >= 0.6 is 38.6 Å². The highest BCUT2D eigenvalue weighted by Crippen LogP contribution is 2.38. The van der Waals surface area contributed by atoms with Gasteiger partial charge in [0.25, 0.3) is 0 Å². The van der Waals surface area contributed by atoms with Crippen molar-refractivity contribution in [1.29, 1.82) is 0 Å². The minimum atomic E-state index is -0.178. The Hall–Kier alpha value is -0.750. The molecule has 1 unspecified atom stereocenters. The molecule has 2 heterocycles. The van der Waals surface area contributed by atoms with Crippen molar-refractivity contribution in [2.24, 2.45) is 0 Å². The van der Waals surface area contributed by atoms with E-state index < -0.39 is 0 Å². The summed E-state index contributed by atoms with van der Waals surface area (Å²) >= 11 is 6.98. The predicted molar refractivity (Wildman–Crippen MR) is 89.3 cm³/mol. The SMILES string of the molecule is CCNC(c1cc2ccc(F)cc2s1)c1sccc1Br. The van der Waals surface area contributed by atoms with Crippen LogP contribution in [-0.2, 0) is 0 Å². The lowest BCUT2D eigenvalue weighted by molar-refractivity contribution is 0.630. The van der Waals surface area contributed by atoms with Gasteiger partial charge in [-0.25, -0.2) is 4.39 Å². The van der Waals surface area contributed by atoms with Crippen molar-refractivity contribution in [3.63, 3.8) is 0 Å². The molecular formula is C15H13BrFNS2. The summed E-state index contributed by atoms with van der Waals surface area (Å²) in [7, 11) is 0. The van der Waals surface area contributed by atoms with E-state index in [0.29, 0.717) is 0 Å². The number of nitrogens with one attached hydrogen (secondary N) is 1. The lowest BCUT2D eigenvalue weighted by Crippen LogP contribution is -2.20. The first kappa shape index (κ1) is 14.2. The van der Waals surface area contributed by atoms with Crippen LogP contribution in [0.25, 0.3) is 10.1 Å². The van der Waals surface area contributed by atoms with E-state index in [0.717, 1.165) is 21.1 Å². The second-order valence-corrected chi connectivity index (χ2v) is 7.37. The van der Waals surface area contributed by atoms with Gasteiger partial charge in [0.05, 0.1) is 6.04 Å². The van der Waals surface area contributed by atoms with Crippen LogP contribution in [0.3, 0.4) is 0 Å². The van der Waals surface area contributed by atoms with Crippen molar-refractivity contribution in [3.05, 3.63) is 55.8 Å². The van der Waals surface area contributed by atoms with Gasteiger partial charge in [0.1, 0.15) is 5.82 Å². The smallest absolute Gasteiger partial charge is 0.124 e. The highest BCUT2D eigenvalue weighted by molar-refractivity contribution is 9.10. The molecule has 0 spiro atoms. The second kappa shape index (κ2) is 5.93. The second-order valence-electron chi connectivity index (χ2n) is 4.45. The Morgan fingerprint density at radius 3 is 2.85 bits per heavy atom. The van der Waals surface area contributed by atoms with Gasteiger partial charge in [-0.15, -0.1) is 22.7 Å². The molecule has 1 aromatic carbocycles. The number of thiophene rings is 2. The zero-order chi connectivity index (χ0) is 14.1. The molecule has 20 heavy (non-hydrogen) atoms. The third-order valence-corrected chi connectivity index (χ3v) is 6.20. The number of fused-ring (bicyclic) bond motifs is 1. The molecule has 0 aliphatic rings. The van der Waals surface area contributed by atoms with E-state index in [1.165, 1.54) is 15.8 Å². The molecule has 5 heteroatoms.